The summed E-state index contributed by atoms with van der Waals surface area (Å²) >= 11 is 1.49. The van der Waals surface area contributed by atoms with Gasteiger partial charge in [0.1, 0.15) is 11.8 Å². The molecule has 0 saturated carbocycles. The summed E-state index contributed by atoms with van der Waals surface area (Å²) in [5.74, 6) is 0.837. The molecule has 0 fully saturated rings. The number of nitrogens with one attached hydrogen (secondary N) is 1. The largest absolute Gasteiger partial charge is 0.497 e. The molecule has 6 heteroatoms. The molecular weight excluding hydrogens is 396 g/mol. The second-order valence-electron chi connectivity index (χ2n) is 7.47. The Hall–Kier alpha value is -2.47. The number of carbonyl (C=O) groups excluding carboxylic acids is 2. The molecule has 0 heterocycles. The highest BCUT2D eigenvalue weighted by molar-refractivity contribution is 8.00. The lowest BCUT2D eigenvalue weighted by molar-refractivity contribution is -0.138. The Morgan fingerprint density at radius 3 is 2.27 bits per heavy atom. The molecule has 2 rings (SSSR count). The van der Waals surface area contributed by atoms with Crippen LogP contribution in [0.1, 0.15) is 38.3 Å². The molecule has 0 unspecified atom stereocenters. The molecule has 0 spiro atoms. The van der Waals surface area contributed by atoms with Gasteiger partial charge in [-0.15, -0.1) is 11.8 Å². The Balaban J connectivity index is 2.14. The molecule has 0 saturated heterocycles. The monoisotopic (exact) mass is 428 g/mol. The quantitative estimate of drug-likeness (QED) is 0.569. The van der Waals surface area contributed by atoms with Crippen LogP contribution >= 0.6 is 11.8 Å². The lowest BCUT2D eigenvalue weighted by Crippen LogP contribution is -2.50. The van der Waals surface area contributed by atoms with Crippen LogP contribution in [0.5, 0.6) is 5.75 Å². The van der Waals surface area contributed by atoms with Gasteiger partial charge < -0.3 is 15.0 Å². The highest BCUT2D eigenvalue weighted by atomic mass is 32.2. The third-order valence-electron chi connectivity index (χ3n) is 5.06. The first kappa shape index (κ1) is 23.8. The minimum atomic E-state index is -0.563. The van der Waals surface area contributed by atoms with E-state index in [1.54, 1.807) is 18.9 Å². The number of rotatable bonds is 10. The SMILES string of the molecule is CC[C@H](C)NC(=O)[C@H](C)N(Cc1ccc(OC)cc1)C(=O)CSc1ccc(C)cc1. The Kier molecular flexibility index (Phi) is 9.24. The second-order valence-corrected chi connectivity index (χ2v) is 8.51. The molecule has 0 radical (unpaired) electrons. The average Bonchev–Trinajstić information content (AvgIpc) is 2.76. The number of ether oxygens (including phenoxy) is 1. The zero-order valence-corrected chi connectivity index (χ0v) is 19.3. The van der Waals surface area contributed by atoms with Crippen LogP contribution in [0.3, 0.4) is 0 Å². The van der Waals surface area contributed by atoms with Crippen LogP contribution in [0.2, 0.25) is 0 Å². The summed E-state index contributed by atoms with van der Waals surface area (Å²) in [5.41, 5.74) is 2.13. The fourth-order valence-corrected chi connectivity index (χ4v) is 3.62. The summed E-state index contributed by atoms with van der Waals surface area (Å²) in [7, 11) is 1.62. The van der Waals surface area contributed by atoms with Gasteiger partial charge in [-0.3, -0.25) is 9.59 Å². The average molecular weight is 429 g/mol. The van der Waals surface area contributed by atoms with E-state index in [0.29, 0.717) is 6.54 Å². The van der Waals surface area contributed by atoms with Crippen LogP contribution in [-0.2, 0) is 16.1 Å². The predicted octanol–water partition coefficient (Wildman–Crippen LogP) is 4.43. The molecule has 1 N–H and O–H groups in total. The van der Waals surface area contributed by atoms with E-state index in [1.807, 2.05) is 69.3 Å². The van der Waals surface area contributed by atoms with E-state index < -0.39 is 6.04 Å². The van der Waals surface area contributed by atoms with E-state index in [4.69, 9.17) is 4.74 Å². The maximum atomic E-state index is 13.1. The molecule has 2 aromatic carbocycles. The standard InChI is InChI=1S/C24H32N2O3S/c1-6-18(3)25-24(28)19(4)26(15-20-9-11-21(29-5)12-10-20)23(27)16-30-22-13-7-17(2)8-14-22/h7-14,18-19H,6,15-16H2,1-5H3,(H,25,28)/t18-,19-/m0/s1. The second kappa shape index (κ2) is 11.6. The summed E-state index contributed by atoms with van der Waals surface area (Å²) in [5, 5.41) is 2.99. The van der Waals surface area contributed by atoms with Crippen molar-refractivity contribution < 1.29 is 14.3 Å². The predicted molar refractivity (Wildman–Crippen MR) is 123 cm³/mol. The Bertz CT molecular complexity index is 821. The third-order valence-corrected chi connectivity index (χ3v) is 6.06. The molecule has 30 heavy (non-hydrogen) atoms. The Morgan fingerprint density at radius 2 is 1.70 bits per heavy atom. The summed E-state index contributed by atoms with van der Waals surface area (Å²) in [4.78, 5) is 28.5. The minimum Gasteiger partial charge on any atom is -0.497 e. The highest BCUT2D eigenvalue weighted by Gasteiger charge is 2.26. The molecule has 162 valence electrons. The first-order valence-electron chi connectivity index (χ1n) is 10.3. The zero-order chi connectivity index (χ0) is 22.1. The molecule has 0 aliphatic carbocycles. The topological polar surface area (TPSA) is 58.6 Å². The molecule has 2 atom stereocenters. The first-order valence-corrected chi connectivity index (χ1v) is 11.2. The van der Waals surface area contributed by atoms with Gasteiger partial charge in [0.15, 0.2) is 0 Å². The Labute approximate surface area is 184 Å². The van der Waals surface area contributed by atoms with Crippen LogP contribution in [0.15, 0.2) is 53.4 Å². The minimum absolute atomic E-state index is 0.0665. The van der Waals surface area contributed by atoms with Crippen molar-refractivity contribution >= 4 is 23.6 Å². The van der Waals surface area contributed by atoms with Crippen molar-refractivity contribution in [3.05, 3.63) is 59.7 Å². The molecule has 5 nitrogen and oxygen atoms in total. The number of nitrogens with zero attached hydrogens (tertiary/aromatic N) is 1. The lowest BCUT2D eigenvalue weighted by Gasteiger charge is -2.29. The number of methoxy groups -OCH3 is 1. The number of carbonyl (C=O) groups is 2. The molecule has 0 aliphatic heterocycles. The summed E-state index contributed by atoms with van der Waals surface area (Å²) in [6.07, 6.45) is 0.841. The molecule has 0 aliphatic rings. The smallest absolute Gasteiger partial charge is 0.242 e. The van der Waals surface area contributed by atoms with Crippen molar-refractivity contribution in [3.63, 3.8) is 0 Å². The van der Waals surface area contributed by atoms with Gasteiger partial charge in [-0.2, -0.15) is 0 Å². The number of benzene rings is 2. The van der Waals surface area contributed by atoms with Crippen molar-refractivity contribution in [1.82, 2.24) is 10.2 Å². The van der Waals surface area contributed by atoms with Crippen molar-refractivity contribution in [2.75, 3.05) is 12.9 Å². The molecule has 2 aromatic rings. The van der Waals surface area contributed by atoms with E-state index in [1.165, 1.54) is 17.3 Å². The number of aryl methyl sites for hydroxylation is 1. The van der Waals surface area contributed by atoms with Crippen LogP contribution in [0.25, 0.3) is 0 Å². The fraction of sp³-hybridized carbons (Fsp3) is 0.417. The van der Waals surface area contributed by atoms with Gasteiger partial charge in [0.05, 0.1) is 12.9 Å². The zero-order valence-electron chi connectivity index (χ0n) is 18.5. The van der Waals surface area contributed by atoms with Crippen molar-refractivity contribution in [2.45, 2.75) is 57.6 Å². The number of hydrogen-bond donors (Lipinski definition) is 1. The van der Waals surface area contributed by atoms with E-state index in [0.717, 1.165) is 22.6 Å². The van der Waals surface area contributed by atoms with E-state index in [2.05, 4.69) is 5.32 Å². The normalized spacial score (nSPS) is 12.7. The van der Waals surface area contributed by atoms with E-state index >= 15 is 0 Å². The van der Waals surface area contributed by atoms with E-state index in [9.17, 15) is 9.59 Å². The van der Waals surface area contributed by atoms with Crippen molar-refractivity contribution in [1.29, 1.82) is 0 Å². The number of hydrogen-bond acceptors (Lipinski definition) is 4. The van der Waals surface area contributed by atoms with Gasteiger partial charge in [0, 0.05) is 17.5 Å². The number of amides is 2. The van der Waals surface area contributed by atoms with Gasteiger partial charge in [-0.25, -0.2) is 0 Å². The molecule has 0 bridgehead atoms. The molecule has 2 amide bonds. The Morgan fingerprint density at radius 1 is 1.07 bits per heavy atom. The van der Waals surface area contributed by atoms with Crippen LogP contribution in [0, 0.1) is 6.92 Å². The summed E-state index contributed by atoms with van der Waals surface area (Å²) in [6.45, 7) is 8.18. The first-order chi connectivity index (χ1) is 14.3. The molecular formula is C24H32N2O3S. The van der Waals surface area contributed by atoms with Crippen LogP contribution in [0.4, 0.5) is 0 Å². The third kappa shape index (κ3) is 7.10. The van der Waals surface area contributed by atoms with Gasteiger partial charge in [-0.05, 0) is 57.0 Å². The number of thioether (sulfide) groups is 1. The van der Waals surface area contributed by atoms with Crippen LogP contribution in [-0.4, -0.2) is 41.7 Å². The van der Waals surface area contributed by atoms with Crippen molar-refractivity contribution in [2.24, 2.45) is 0 Å². The maximum Gasteiger partial charge on any atom is 0.242 e. The van der Waals surface area contributed by atoms with Gasteiger partial charge in [-0.1, -0.05) is 36.8 Å². The van der Waals surface area contributed by atoms with Gasteiger partial charge in [0.25, 0.3) is 0 Å². The molecule has 0 aromatic heterocycles. The van der Waals surface area contributed by atoms with Crippen LogP contribution < -0.4 is 10.1 Å². The summed E-state index contributed by atoms with van der Waals surface area (Å²) < 4.78 is 5.21. The maximum absolute atomic E-state index is 13.1. The lowest BCUT2D eigenvalue weighted by atomic mass is 10.1. The summed E-state index contributed by atoms with van der Waals surface area (Å²) in [6, 6.07) is 15.2. The fourth-order valence-electron chi connectivity index (χ4n) is 2.84. The van der Waals surface area contributed by atoms with Gasteiger partial charge in [0.2, 0.25) is 11.8 Å². The van der Waals surface area contributed by atoms with Gasteiger partial charge >= 0.3 is 0 Å². The highest BCUT2D eigenvalue weighted by Crippen LogP contribution is 2.21. The van der Waals surface area contributed by atoms with E-state index in [-0.39, 0.29) is 23.6 Å². The van der Waals surface area contributed by atoms with Crippen molar-refractivity contribution in [3.8, 4) is 5.75 Å².